The maximum atomic E-state index is 12.5. The van der Waals surface area contributed by atoms with Crippen molar-refractivity contribution in [3.63, 3.8) is 0 Å². The largest absolute Gasteiger partial charge is 0.449 e. The van der Waals surface area contributed by atoms with Gasteiger partial charge >= 0.3 is 5.97 Å². The second-order valence-electron chi connectivity index (χ2n) is 6.47. The molecule has 1 amide bonds. The molecule has 0 N–H and O–H groups in total. The number of carbonyl (C=O) groups is 2. The zero-order valence-corrected chi connectivity index (χ0v) is 18.6. The van der Waals surface area contributed by atoms with E-state index in [-0.39, 0.29) is 15.5 Å². The van der Waals surface area contributed by atoms with Crippen LogP contribution in [0.1, 0.15) is 22.8 Å². The maximum absolute atomic E-state index is 12.5. The van der Waals surface area contributed by atoms with Crippen LogP contribution in [0.4, 0.5) is 0 Å². The molecule has 0 aliphatic heterocycles. The van der Waals surface area contributed by atoms with Crippen molar-refractivity contribution in [2.24, 2.45) is 0 Å². The molecule has 162 valence electrons. The van der Waals surface area contributed by atoms with Gasteiger partial charge in [0.25, 0.3) is 15.9 Å². The van der Waals surface area contributed by atoms with Crippen LogP contribution in [0.15, 0.2) is 53.4 Å². The van der Waals surface area contributed by atoms with E-state index in [1.807, 2.05) is 30.3 Å². The molecule has 10 heteroatoms. The Kier molecular flexibility index (Phi) is 7.96. The first kappa shape index (κ1) is 23.8. The summed E-state index contributed by atoms with van der Waals surface area (Å²) in [7, 11) is -0.0902. The van der Waals surface area contributed by atoms with E-state index in [2.05, 4.69) is 0 Å². The van der Waals surface area contributed by atoms with E-state index in [0.717, 1.165) is 11.6 Å². The Morgan fingerprint density at radius 2 is 1.73 bits per heavy atom. The summed E-state index contributed by atoms with van der Waals surface area (Å²) in [5.41, 5.74) is 0.870. The van der Waals surface area contributed by atoms with Crippen molar-refractivity contribution in [1.82, 2.24) is 9.37 Å². The first-order valence-electron chi connectivity index (χ1n) is 8.90. The third kappa shape index (κ3) is 5.57. The molecule has 0 spiro atoms. The molecule has 0 bridgehead atoms. The Bertz CT molecular complexity index is 1010. The fourth-order valence-corrected chi connectivity index (χ4v) is 4.06. The number of amides is 1. The van der Waals surface area contributed by atoms with Gasteiger partial charge in [0.15, 0.2) is 6.10 Å². The molecule has 2 aromatic rings. The summed E-state index contributed by atoms with van der Waals surface area (Å²) in [5.74, 6) is -1.25. The number of ether oxygens (including phenoxy) is 1. The van der Waals surface area contributed by atoms with Crippen LogP contribution >= 0.6 is 11.6 Å². The number of rotatable bonds is 8. The smallest absolute Gasteiger partial charge is 0.338 e. The number of esters is 1. The molecule has 30 heavy (non-hydrogen) atoms. The van der Waals surface area contributed by atoms with Gasteiger partial charge in [0.1, 0.15) is 4.90 Å². The van der Waals surface area contributed by atoms with Crippen LogP contribution < -0.4 is 0 Å². The average Bonchev–Trinajstić information content (AvgIpc) is 2.73. The zero-order valence-electron chi connectivity index (χ0n) is 17.0. The Hall–Kier alpha value is -2.46. The number of halogens is 1. The first-order valence-corrected chi connectivity index (χ1v) is 10.7. The lowest BCUT2D eigenvalue weighted by Gasteiger charge is -2.22. The summed E-state index contributed by atoms with van der Waals surface area (Å²) in [6.07, 6.45) is -1.07. The molecular weight excluding hydrogens is 432 g/mol. The number of benzene rings is 2. The van der Waals surface area contributed by atoms with Gasteiger partial charge in [0.2, 0.25) is 0 Å². The predicted octanol–water partition coefficient (Wildman–Crippen LogP) is 2.73. The van der Waals surface area contributed by atoms with Crippen molar-refractivity contribution in [2.75, 3.05) is 21.2 Å². The van der Waals surface area contributed by atoms with Gasteiger partial charge in [-0.1, -0.05) is 46.4 Å². The molecule has 0 radical (unpaired) electrons. The standard InChI is InChI=1S/C20H23ClN2O6S/c1-14(19(24)22(2)13-15-8-6-5-7-9-15)29-20(25)16-10-11-17(21)18(12-16)30(26,27)23(3)28-4/h5-12,14H,13H2,1-4H3. The lowest BCUT2D eigenvalue weighted by atomic mass is 10.2. The minimum atomic E-state index is -4.07. The summed E-state index contributed by atoms with van der Waals surface area (Å²) >= 11 is 5.99. The van der Waals surface area contributed by atoms with Gasteiger partial charge in [-0.25, -0.2) is 13.2 Å². The highest BCUT2D eigenvalue weighted by Gasteiger charge is 2.27. The van der Waals surface area contributed by atoms with Crippen LogP contribution in [0.5, 0.6) is 0 Å². The van der Waals surface area contributed by atoms with Gasteiger partial charge in [0, 0.05) is 20.6 Å². The molecule has 0 saturated carbocycles. The second kappa shape index (κ2) is 10.0. The minimum absolute atomic E-state index is 0.0622. The van der Waals surface area contributed by atoms with E-state index in [1.165, 1.54) is 38.1 Å². The van der Waals surface area contributed by atoms with Crippen LogP contribution in [0.2, 0.25) is 5.02 Å². The summed E-state index contributed by atoms with van der Waals surface area (Å²) in [5, 5.41) is -0.0813. The van der Waals surface area contributed by atoms with Crippen molar-refractivity contribution >= 4 is 33.5 Å². The monoisotopic (exact) mass is 454 g/mol. The summed E-state index contributed by atoms with van der Waals surface area (Å²) in [6.45, 7) is 1.81. The highest BCUT2D eigenvalue weighted by Crippen LogP contribution is 2.26. The minimum Gasteiger partial charge on any atom is -0.449 e. The summed E-state index contributed by atoms with van der Waals surface area (Å²) < 4.78 is 30.8. The van der Waals surface area contributed by atoms with E-state index in [9.17, 15) is 18.0 Å². The van der Waals surface area contributed by atoms with Crippen molar-refractivity contribution in [3.05, 3.63) is 64.7 Å². The maximum Gasteiger partial charge on any atom is 0.338 e. The van der Waals surface area contributed by atoms with Crippen molar-refractivity contribution in [3.8, 4) is 0 Å². The van der Waals surface area contributed by atoms with E-state index >= 15 is 0 Å². The summed E-state index contributed by atoms with van der Waals surface area (Å²) in [4.78, 5) is 30.9. The molecule has 0 saturated heterocycles. The summed E-state index contributed by atoms with van der Waals surface area (Å²) in [6, 6.07) is 13.0. The van der Waals surface area contributed by atoms with Crippen molar-refractivity contribution < 1.29 is 27.6 Å². The molecule has 1 unspecified atom stereocenters. The number of hydrogen-bond donors (Lipinski definition) is 0. The highest BCUT2D eigenvalue weighted by molar-refractivity contribution is 7.89. The fraction of sp³-hybridized carbons (Fsp3) is 0.300. The first-order chi connectivity index (χ1) is 14.1. The SMILES string of the molecule is CON(C)S(=O)(=O)c1cc(C(=O)OC(C)C(=O)N(C)Cc2ccccc2)ccc1Cl. The Morgan fingerprint density at radius 3 is 2.33 bits per heavy atom. The molecule has 1 atom stereocenters. The van der Waals surface area contributed by atoms with E-state index in [1.54, 1.807) is 7.05 Å². The van der Waals surface area contributed by atoms with E-state index in [4.69, 9.17) is 21.2 Å². The van der Waals surface area contributed by atoms with Crippen LogP contribution in [0, 0.1) is 0 Å². The number of sulfonamides is 1. The fourth-order valence-electron chi connectivity index (χ4n) is 2.59. The molecule has 0 aliphatic carbocycles. The second-order valence-corrected chi connectivity index (χ2v) is 8.78. The number of hydroxylamine groups is 1. The van der Waals surface area contributed by atoms with Gasteiger partial charge in [-0.3, -0.25) is 9.63 Å². The van der Waals surface area contributed by atoms with Crippen LogP contribution in [-0.2, 0) is 30.9 Å². The van der Waals surface area contributed by atoms with Crippen LogP contribution in [0.3, 0.4) is 0 Å². The molecule has 2 aromatic carbocycles. The van der Waals surface area contributed by atoms with Gasteiger partial charge in [-0.15, -0.1) is 0 Å². The van der Waals surface area contributed by atoms with Gasteiger partial charge < -0.3 is 9.64 Å². The Balaban J connectivity index is 2.13. The predicted molar refractivity (Wildman–Crippen MR) is 111 cm³/mol. The van der Waals surface area contributed by atoms with Crippen molar-refractivity contribution in [1.29, 1.82) is 0 Å². The lowest BCUT2D eigenvalue weighted by Crippen LogP contribution is -2.37. The molecule has 0 aromatic heterocycles. The van der Waals surface area contributed by atoms with Gasteiger partial charge in [-0.2, -0.15) is 0 Å². The molecule has 0 fully saturated rings. The van der Waals surface area contributed by atoms with Gasteiger partial charge in [0.05, 0.1) is 17.7 Å². The molecular formula is C20H23ClN2O6S. The van der Waals surface area contributed by atoms with Crippen LogP contribution in [-0.4, -0.2) is 57.0 Å². The highest BCUT2D eigenvalue weighted by atomic mass is 35.5. The number of hydrogen-bond acceptors (Lipinski definition) is 6. The van der Waals surface area contributed by atoms with E-state index in [0.29, 0.717) is 11.0 Å². The zero-order chi connectivity index (χ0) is 22.5. The number of carbonyl (C=O) groups excluding carboxylic acids is 2. The Morgan fingerprint density at radius 1 is 1.10 bits per heavy atom. The lowest BCUT2D eigenvalue weighted by molar-refractivity contribution is -0.139. The molecule has 0 aliphatic rings. The normalized spacial score (nSPS) is 12.5. The number of nitrogens with zero attached hydrogens (tertiary/aromatic N) is 2. The third-order valence-electron chi connectivity index (χ3n) is 4.31. The molecule has 0 heterocycles. The molecule has 2 rings (SSSR count). The average molecular weight is 455 g/mol. The molecule has 8 nitrogen and oxygen atoms in total. The van der Waals surface area contributed by atoms with Crippen molar-refractivity contribution in [2.45, 2.75) is 24.5 Å². The third-order valence-corrected chi connectivity index (χ3v) is 6.47. The quantitative estimate of drug-likeness (QED) is 0.449. The van der Waals surface area contributed by atoms with Crippen LogP contribution in [0.25, 0.3) is 0 Å². The van der Waals surface area contributed by atoms with Gasteiger partial charge in [-0.05, 0) is 30.7 Å². The number of likely N-dealkylation sites (N-methyl/N-ethyl adjacent to an activating group) is 1. The van der Waals surface area contributed by atoms with E-state index < -0.39 is 28.0 Å². The topological polar surface area (TPSA) is 93.2 Å². The Labute approximate surface area is 180 Å².